The van der Waals surface area contributed by atoms with Gasteiger partial charge in [-0.2, -0.15) is 0 Å². The van der Waals surface area contributed by atoms with Crippen molar-refractivity contribution in [2.75, 3.05) is 30.2 Å². The number of hydrogen-bond donors (Lipinski definition) is 1. The zero-order valence-electron chi connectivity index (χ0n) is 21.5. The molecule has 0 unspecified atom stereocenters. The molecule has 0 radical (unpaired) electrons. The summed E-state index contributed by atoms with van der Waals surface area (Å²) in [5.41, 5.74) is 2.55. The van der Waals surface area contributed by atoms with Crippen LogP contribution in [0.25, 0.3) is 0 Å². The van der Waals surface area contributed by atoms with Gasteiger partial charge in [0.05, 0.1) is 11.9 Å². The number of carbonyl (C=O) groups excluding carboxylic acids is 2. The summed E-state index contributed by atoms with van der Waals surface area (Å²) < 4.78 is 26.3. The molecule has 0 heterocycles. The van der Waals surface area contributed by atoms with Crippen LogP contribution >= 0.6 is 0 Å². The molecule has 1 atom stereocenters. The zero-order valence-corrected chi connectivity index (χ0v) is 22.3. The minimum atomic E-state index is -3.51. The quantitative estimate of drug-likeness (QED) is 0.453. The molecule has 2 aromatic carbocycles. The first-order chi connectivity index (χ1) is 16.5. The van der Waals surface area contributed by atoms with Crippen LogP contribution in [0.1, 0.15) is 44.7 Å². The van der Waals surface area contributed by atoms with Crippen molar-refractivity contribution in [3.63, 3.8) is 0 Å². The number of hydrogen-bond acceptors (Lipinski definition) is 4. The van der Waals surface area contributed by atoms with Gasteiger partial charge in [-0.25, -0.2) is 8.42 Å². The van der Waals surface area contributed by atoms with Gasteiger partial charge in [0, 0.05) is 26.1 Å². The van der Waals surface area contributed by atoms with Crippen LogP contribution in [0.4, 0.5) is 5.69 Å². The molecule has 0 saturated carbocycles. The second-order valence-corrected chi connectivity index (χ2v) is 11.3. The van der Waals surface area contributed by atoms with Crippen LogP contribution < -0.4 is 9.62 Å². The highest BCUT2D eigenvalue weighted by Gasteiger charge is 2.26. The molecule has 0 fully saturated rings. The smallest absolute Gasteiger partial charge is 0.242 e. The maximum Gasteiger partial charge on any atom is 0.242 e. The van der Waals surface area contributed by atoms with Gasteiger partial charge in [0.2, 0.25) is 21.8 Å². The van der Waals surface area contributed by atoms with Crippen molar-refractivity contribution in [2.24, 2.45) is 5.92 Å². The monoisotopic (exact) mass is 501 g/mol. The summed E-state index contributed by atoms with van der Waals surface area (Å²) in [5.74, 6) is -0.0350. The minimum Gasteiger partial charge on any atom is -0.354 e. The van der Waals surface area contributed by atoms with Crippen LogP contribution in [0.2, 0.25) is 0 Å². The van der Waals surface area contributed by atoms with Crippen LogP contribution in [0.5, 0.6) is 0 Å². The summed E-state index contributed by atoms with van der Waals surface area (Å²) in [6.45, 7) is 8.79. The van der Waals surface area contributed by atoms with E-state index in [0.717, 1.165) is 11.1 Å². The van der Waals surface area contributed by atoms with E-state index in [2.05, 4.69) is 5.32 Å². The zero-order chi connectivity index (χ0) is 26.0. The van der Waals surface area contributed by atoms with Gasteiger partial charge >= 0.3 is 0 Å². The molecule has 0 aliphatic heterocycles. The van der Waals surface area contributed by atoms with Crippen LogP contribution in [0.3, 0.4) is 0 Å². The first kappa shape index (κ1) is 28.4. The van der Waals surface area contributed by atoms with E-state index in [1.165, 1.54) is 10.6 Å². The fraction of sp³-hybridized carbons (Fsp3) is 0.481. The molecule has 0 aliphatic carbocycles. The first-order valence-electron chi connectivity index (χ1n) is 12.1. The van der Waals surface area contributed by atoms with Crippen molar-refractivity contribution >= 4 is 27.5 Å². The van der Waals surface area contributed by atoms with E-state index in [-0.39, 0.29) is 24.8 Å². The third-order valence-electron chi connectivity index (χ3n) is 5.87. The molecule has 0 spiro atoms. The SMILES string of the molecule is Cc1ccccc1N(CCCC(=O)N(CCc1ccccc1)[C@H](C)C(=O)NCC(C)C)S(C)(=O)=O. The topological polar surface area (TPSA) is 86.8 Å². The van der Waals surface area contributed by atoms with Crippen LogP contribution in [0.15, 0.2) is 54.6 Å². The molecule has 2 rings (SSSR count). The lowest BCUT2D eigenvalue weighted by Crippen LogP contribution is -2.49. The number of para-hydroxylation sites is 1. The predicted octanol–water partition coefficient (Wildman–Crippen LogP) is 3.77. The molecular formula is C27H39N3O4S. The Hall–Kier alpha value is -2.87. The van der Waals surface area contributed by atoms with Gasteiger partial charge in [-0.1, -0.05) is 62.4 Å². The van der Waals surface area contributed by atoms with E-state index < -0.39 is 16.1 Å². The summed E-state index contributed by atoms with van der Waals surface area (Å²) in [6.07, 6.45) is 2.30. The molecule has 0 bridgehead atoms. The number of anilines is 1. The van der Waals surface area contributed by atoms with Gasteiger partial charge < -0.3 is 10.2 Å². The Morgan fingerprint density at radius 3 is 2.17 bits per heavy atom. The lowest BCUT2D eigenvalue weighted by Gasteiger charge is -2.30. The molecule has 2 amide bonds. The number of carbonyl (C=O) groups is 2. The van der Waals surface area contributed by atoms with Gasteiger partial charge in [0.15, 0.2) is 0 Å². The number of sulfonamides is 1. The average Bonchev–Trinajstić information content (AvgIpc) is 2.80. The molecule has 0 aromatic heterocycles. The van der Waals surface area contributed by atoms with Crippen molar-refractivity contribution in [3.8, 4) is 0 Å². The predicted molar refractivity (Wildman–Crippen MR) is 142 cm³/mol. The van der Waals surface area contributed by atoms with E-state index in [1.54, 1.807) is 24.0 Å². The normalized spacial score (nSPS) is 12.3. The molecule has 35 heavy (non-hydrogen) atoms. The number of nitrogens with zero attached hydrogens (tertiary/aromatic N) is 2. The van der Waals surface area contributed by atoms with Gasteiger partial charge in [0.1, 0.15) is 6.04 Å². The number of aryl methyl sites for hydroxylation is 1. The first-order valence-corrected chi connectivity index (χ1v) is 14.0. The van der Waals surface area contributed by atoms with Crippen LogP contribution in [0, 0.1) is 12.8 Å². The maximum atomic E-state index is 13.3. The van der Waals surface area contributed by atoms with Crippen molar-refractivity contribution in [2.45, 2.75) is 53.0 Å². The van der Waals surface area contributed by atoms with Gasteiger partial charge in [-0.3, -0.25) is 13.9 Å². The fourth-order valence-corrected chi connectivity index (χ4v) is 4.87. The Morgan fingerprint density at radius 2 is 1.57 bits per heavy atom. The van der Waals surface area contributed by atoms with Gasteiger partial charge in [-0.15, -0.1) is 0 Å². The third-order valence-corrected chi connectivity index (χ3v) is 7.05. The molecule has 7 nitrogen and oxygen atoms in total. The molecule has 2 aromatic rings. The highest BCUT2D eigenvalue weighted by molar-refractivity contribution is 7.92. The molecule has 0 aliphatic rings. The number of benzene rings is 2. The van der Waals surface area contributed by atoms with E-state index in [0.29, 0.717) is 37.5 Å². The summed E-state index contributed by atoms with van der Waals surface area (Å²) in [6, 6.07) is 16.5. The van der Waals surface area contributed by atoms with Crippen molar-refractivity contribution in [1.82, 2.24) is 10.2 Å². The molecule has 1 N–H and O–H groups in total. The van der Waals surface area contributed by atoms with E-state index >= 15 is 0 Å². The van der Waals surface area contributed by atoms with Crippen LogP contribution in [-0.4, -0.2) is 57.1 Å². The summed E-state index contributed by atoms with van der Waals surface area (Å²) >= 11 is 0. The van der Waals surface area contributed by atoms with Gasteiger partial charge in [0.25, 0.3) is 0 Å². The van der Waals surface area contributed by atoms with E-state index in [4.69, 9.17) is 0 Å². The van der Waals surface area contributed by atoms with Gasteiger partial charge in [-0.05, 0) is 49.8 Å². The molecule has 192 valence electrons. The highest BCUT2D eigenvalue weighted by Crippen LogP contribution is 2.22. The lowest BCUT2D eigenvalue weighted by atomic mass is 10.1. The molecule has 0 saturated heterocycles. The number of nitrogens with one attached hydrogen (secondary N) is 1. The Balaban J connectivity index is 2.11. The standard InChI is InChI=1S/C27H39N3O4S/c1-21(2)20-28-27(32)23(4)29(19-17-24-13-7-6-8-14-24)26(31)16-11-18-30(35(5,33)34)25-15-10-9-12-22(25)3/h6-10,12-15,21,23H,11,16-20H2,1-5H3,(H,28,32)/t23-/m1/s1. The summed E-state index contributed by atoms with van der Waals surface area (Å²) in [7, 11) is -3.51. The minimum absolute atomic E-state index is 0.147. The summed E-state index contributed by atoms with van der Waals surface area (Å²) in [4.78, 5) is 27.6. The third kappa shape index (κ3) is 9.02. The Bertz CT molecular complexity index is 1070. The Kier molecular flexibility index (Phi) is 10.8. The Morgan fingerprint density at radius 1 is 0.943 bits per heavy atom. The fourth-order valence-electron chi connectivity index (χ4n) is 3.85. The highest BCUT2D eigenvalue weighted by atomic mass is 32.2. The summed E-state index contributed by atoms with van der Waals surface area (Å²) in [5, 5.41) is 2.92. The van der Waals surface area contributed by atoms with E-state index in [9.17, 15) is 18.0 Å². The second-order valence-electron chi connectivity index (χ2n) is 9.36. The number of rotatable bonds is 13. The lowest BCUT2D eigenvalue weighted by molar-refractivity contribution is -0.140. The molecular weight excluding hydrogens is 462 g/mol. The van der Waals surface area contributed by atoms with Crippen molar-refractivity contribution in [3.05, 3.63) is 65.7 Å². The second kappa shape index (κ2) is 13.3. The average molecular weight is 502 g/mol. The molecule has 8 heteroatoms. The van der Waals surface area contributed by atoms with Crippen molar-refractivity contribution < 1.29 is 18.0 Å². The van der Waals surface area contributed by atoms with E-state index in [1.807, 2.05) is 63.2 Å². The van der Waals surface area contributed by atoms with Crippen molar-refractivity contribution in [1.29, 1.82) is 0 Å². The number of amides is 2. The Labute approximate surface area is 210 Å². The van der Waals surface area contributed by atoms with Crippen LogP contribution in [-0.2, 0) is 26.0 Å². The largest absolute Gasteiger partial charge is 0.354 e. The maximum absolute atomic E-state index is 13.3.